The van der Waals surface area contributed by atoms with Crippen molar-refractivity contribution in [2.45, 2.75) is 23.8 Å². The van der Waals surface area contributed by atoms with Crippen LogP contribution in [0, 0.1) is 0 Å². The summed E-state index contributed by atoms with van der Waals surface area (Å²) in [4.78, 5) is 0.969. The Morgan fingerprint density at radius 3 is 3.00 bits per heavy atom. The van der Waals surface area contributed by atoms with Crippen LogP contribution in [0.25, 0.3) is 0 Å². The Bertz CT molecular complexity index is 321. The van der Waals surface area contributed by atoms with Crippen molar-refractivity contribution in [3.8, 4) is 5.75 Å². The average molecular weight is 209 g/mol. The van der Waals surface area contributed by atoms with Gasteiger partial charge in [0.15, 0.2) is 0 Å². The van der Waals surface area contributed by atoms with Crippen molar-refractivity contribution in [2.24, 2.45) is 0 Å². The van der Waals surface area contributed by atoms with Gasteiger partial charge in [0.05, 0.1) is 0 Å². The first-order valence-corrected chi connectivity index (χ1v) is 6.14. The number of para-hydroxylation sites is 1. The molecule has 1 aromatic carbocycles. The summed E-state index contributed by atoms with van der Waals surface area (Å²) in [6.07, 6.45) is 4.32. The number of hydrogen-bond acceptors (Lipinski definition) is 3. The molecule has 0 spiro atoms. The fraction of sp³-hybridized carbons (Fsp3) is 0.455. The molecule has 1 aliphatic heterocycles. The van der Waals surface area contributed by atoms with E-state index in [1.54, 1.807) is 11.8 Å². The van der Waals surface area contributed by atoms with E-state index in [0.29, 0.717) is 11.8 Å². The summed E-state index contributed by atoms with van der Waals surface area (Å²) in [5.41, 5.74) is 1.05. The summed E-state index contributed by atoms with van der Waals surface area (Å²) >= 11 is 1.59. The van der Waals surface area contributed by atoms with Gasteiger partial charge in [0, 0.05) is 16.5 Å². The minimum atomic E-state index is 0.349. The molecule has 76 valence electrons. The van der Waals surface area contributed by atoms with Crippen LogP contribution in [0.5, 0.6) is 5.75 Å². The second kappa shape index (κ2) is 4.24. The molecule has 14 heavy (non-hydrogen) atoms. The van der Waals surface area contributed by atoms with E-state index in [9.17, 15) is 5.11 Å². The molecular formula is C11H15NOS. The molecule has 1 heterocycles. The zero-order valence-corrected chi connectivity index (χ0v) is 9.10. The predicted molar refractivity (Wildman–Crippen MR) is 59.9 cm³/mol. The maximum atomic E-state index is 9.99. The lowest BCUT2D eigenvalue weighted by Gasteiger charge is -2.14. The fourth-order valence-corrected chi connectivity index (χ4v) is 2.46. The lowest BCUT2D eigenvalue weighted by Crippen LogP contribution is -2.12. The van der Waals surface area contributed by atoms with Gasteiger partial charge in [0.25, 0.3) is 0 Å². The number of phenols is 1. The van der Waals surface area contributed by atoms with Crippen LogP contribution >= 0.6 is 11.8 Å². The smallest absolute Gasteiger partial charge is 0.133 e. The Hall–Kier alpha value is -0.670. The summed E-state index contributed by atoms with van der Waals surface area (Å²) < 4.78 is 0. The van der Waals surface area contributed by atoms with Crippen molar-refractivity contribution in [1.82, 2.24) is 5.32 Å². The summed E-state index contributed by atoms with van der Waals surface area (Å²) in [5.74, 6) is 0.458. The molecule has 0 aromatic heterocycles. The highest BCUT2D eigenvalue weighted by atomic mass is 32.2. The summed E-state index contributed by atoms with van der Waals surface area (Å²) in [7, 11) is 0. The molecule has 2 rings (SSSR count). The first-order chi connectivity index (χ1) is 6.83. The SMILES string of the molecule is CSc1cccc([C@H]2CCCN2)c1O. The van der Waals surface area contributed by atoms with Crippen LogP contribution in [0.3, 0.4) is 0 Å². The quantitative estimate of drug-likeness (QED) is 0.734. The Kier molecular flexibility index (Phi) is 2.99. The molecule has 1 atom stereocenters. The molecule has 0 unspecified atom stereocenters. The first kappa shape index (κ1) is 9.87. The van der Waals surface area contributed by atoms with Crippen LogP contribution in [0.1, 0.15) is 24.4 Å². The topological polar surface area (TPSA) is 32.3 Å². The third kappa shape index (κ3) is 1.74. The second-order valence-corrected chi connectivity index (χ2v) is 4.40. The Labute approximate surface area is 88.7 Å². The highest BCUT2D eigenvalue weighted by molar-refractivity contribution is 7.98. The van der Waals surface area contributed by atoms with Gasteiger partial charge in [0.1, 0.15) is 5.75 Å². The van der Waals surface area contributed by atoms with E-state index >= 15 is 0 Å². The number of rotatable bonds is 2. The molecule has 0 aliphatic carbocycles. The first-order valence-electron chi connectivity index (χ1n) is 4.92. The van der Waals surface area contributed by atoms with Crippen LogP contribution in [-0.4, -0.2) is 17.9 Å². The van der Waals surface area contributed by atoms with Gasteiger partial charge in [-0.15, -0.1) is 11.8 Å². The Morgan fingerprint density at radius 2 is 2.36 bits per heavy atom. The van der Waals surface area contributed by atoms with Gasteiger partial charge in [-0.3, -0.25) is 0 Å². The van der Waals surface area contributed by atoms with Gasteiger partial charge in [-0.2, -0.15) is 0 Å². The number of thioether (sulfide) groups is 1. The lowest BCUT2D eigenvalue weighted by atomic mass is 10.0. The van der Waals surface area contributed by atoms with E-state index in [2.05, 4.69) is 5.32 Å². The van der Waals surface area contributed by atoms with Crippen molar-refractivity contribution in [3.05, 3.63) is 23.8 Å². The van der Waals surface area contributed by atoms with Gasteiger partial charge in [-0.05, 0) is 31.7 Å². The lowest BCUT2D eigenvalue weighted by molar-refractivity contribution is 0.444. The van der Waals surface area contributed by atoms with E-state index in [0.717, 1.165) is 23.4 Å². The van der Waals surface area contributed by atoms with Crippen molar-refractivity contribution < 1.29 is 5.11 Å². The highest BCUT2D eigenvalue weighted by Crippen LogP contribution is 2.36. The van der Waals surface area contributed by atoms with E-state index in [4.69, 9.17) is 0 Å². The standard InChI is InChI=1S/C11H15NOS/c1-14-10-6-2-4-8(11(10)13)9-5-3-7-12-9/h2,4,6,9,12-13H,3,5,7H2,1H3/t9-/m1/s1. The predicted octanol–water partition coefficient (Wildman–Crippen LogP) is 2.54. The molecule has 0 bridgehead atoms. The zero-order valence-electron chi connectivity index (χ0n) is 8.29. The molecule has 2 N–H and O–H groups in total. The number of nitrogens with one attached hydrogen (secondary N) is 1. The van der Waals surface area contributed by atoms with Gasteiger partial charge in [-0.25, -0.2) is 0 Å². The summed E-state index contributed by atoms with van der Waals surface area (Å²) in [5, 5.41) is 13.4. The normalized spacial score (nSPS) is 21.4. The minimum Gasteiger partial charge on any atom is -0.506 e. The third-order valence-electron chi connectivity index (χ3n) is 2.69. The monoisotopic (exact) mass is 209 g/mol. The van der Waals surface area contributed by atoms with Crippen molar-refractivity contribution in [1.29, 1.82) is 0 Å². The van der Waals surface area contributed by atoms with Crippen LogP contribution < -0.4 is 5.32 Å². The maximum absolute atomic E-state index is 9.99. The molecule has 1 aliphatic rings. The van der Waals surface area contributed by atoms with E-state index in [1.165, 1.54) is 6.42 Å². The molecule has 3 heteroatoms. The second-order valence-electron chi connectivity index (χ2n) is 3.55. The van der Waals surface area contributed by atoms with Crippen LogP contribution in [0.4, 0.5) is 0 Å². The summed E-state index contributed by atoms with van der Waals surface area (Å²) in [6.45, 7) is 1.06. The molecule has 0 saturated carbocycles. The van der Waals surface area contributed by atoms with Crippen molar-refractivity contribution >= 4 is 11.8 Å². The van der Waals surface area contributed by atoms with Crippen LogP contribution in [0.15, 0.2) is 23.1 Å². The number of benzene rings is 1. The minimum absolute atomic E-state index is 0.349. The van der Waals surface area contributed by atoms with Crippen molar-refractivity contribution in [3.63, 3.8) is 0 Å². The Balaban J connectivity index is 2.32. The van der Waals surface area contributed by atoms with E-state index in [1.807, 2.05) is 24.5 Å². The molecule has 1 fully saturated rings. The molecule has 0 radical (unpaired) electrons. The van der Waals surface area contributed by atoms with Crippen molar-refractivity contribution in [2.75, 3.05) is 12.8 Å². The maximum Gasteiger partial charge on any atom is 0.133 e. The molecular weight excluding hydrogens is 194 g/mol. The highest BCUT2D eigenvalue weighted by Gasteiger charge is 2.20. The largest absolute Gasteiger partial charge is 0.506 e. The molecule has 2 nitrogen and oxygen atoms in total. The van der Waals surface area contributed by atoms with E-state index in [-0.39, 0.29) is 0 Å². The number of aromatic hydroxyl groups is 1. The molecule has 1 saturated heterocycles. The summed E-state index contributed by atoms with van der Waals surface area (Å²) in [6, 6.07) is 6.33. The van der Waals surface area contributed by atoms with Gasteiger partial charge < -0.3 is 10.4 Å². The van der Waals surface area contributed by atoms with Crippen LogP contribution in [-0.2, 0) is 0 Å². The zero-order chi connectivity index (χ0) is 9.97. The fourth-order valence-electron chi connectivity index (χ4n) is 1.94. The molecule has 1 aromatic rings. The average Bonchev–Trinajstić information content (AvgIpc) is 2.71. The number of phenolic OH excluding ortho intramolecular Hbond substituents is 1. The van der Waals surface area contributed by atoms with Gasteiger partial charge in [0.2, 0.25) is 0 Å². The van der Waals surface area contributed by atoms with E-state index < -0.39 is 0 Å². The van der Waals surface area contributed by atoms with Crippen LogP contribution in [0.2, 0.25) is 0 Å². The van der Waals surface area contributed by atoms with Gasteiger partial charge >= 0.3 is 0 Å². The van der Waals surface area contributed by atoms with Gasteiger partial charge in [-0.1, -0.05) is 12.1 Å². The number of hydrogen-bond donors (Lipinski definition) is 2. The third-order valence-corrected chi connectivity index (χ3v) is 3.46. The molecule has 0 amide bonds. The Morgan fingerprint density at radius 1 is 1.50 bits per heavy atom.